The van der Waals surface area contributed by atoms with Gasteiger partial charge in [-0.1, -0.05) is 45.0 Å². The van der Waals surface area contributed by atoms with Gasteiger partial charge < -0.3 is 5.11 Å². The van der Waals surface area contributed by atoms with E-state index in [0.717, 1.165) is 19.3 Å². The van der Waals surface area contributed by atoms with Gasteiger partial charge in [-0.05, 0) is 36.3 Å². The highest BCUT2D eigenvalue weighted by atomic mass is 16.3. The molecule has 1 nitrogen and oxygen atoms in total. The minimum absolute atomic E-state index is 0.171. The van der Waals surface area contributed by atoms with E-state index in [2.05, 4.69) is 45.0 Å². The molecule has 1 aromatic rings. The van der Waals surface area contributed by atoms with Gasteiger partial charge in [0.1, 0.15) is 0 Å². The summed E-state index contributed by atoms with van der Waals surface area (Å²) < 4.78 is 0. The van der Waals surface area contributed by atoms with Gasteiger partial charge in [-0.3, -0.25) is 0 Å². The van der Waals surface area contributed by atoms with Crippen LogP contribution in [0.1, 0.15) is 38.3 Å². The first-order valence-corrected chi connectivity index (χ1v) is 5.89. The molecule has 0 saturated carbocycles. The molecule has 0 aliphatic heterocycles. The van der Waals surface area contributed by atoms with Crippen molar-refractivity contribution in [2.45, 2.75) is 46.1 Å². The number of aliphatic hydroxyl groups is 1. The molecule has 0 amide bonds. The van der Waals surface area contributed by atoms with Crippen molar-refractivity contribution in [1.29, 1.82) is 0 Å². The smallest absolute Gasteiger partial charge is 0.0566 e. The lowest BCUT2D eigenvalue weighted by Crippen LogP contribution is -2.15. The average Bonchev–Trinajstić information content (AvgIpc) is 2.26. The van der Waals surface area contributed by atoms with E-state index in [0.29, 0.717) is 5.92 Å². The maximum atomic E-state index is 9.69. The Kier molecular flexibility index (Phi) is 4.83. The Hall–Kier alpha value is -0.820. The minimum atomic E-state index is -0.171. The van der Waals surface area contributed by atoms with E-state index in [1.54, 1.807) is 0 Å². The van der Waals surface area contributed by atoms with Crippen molar-refractivity contribution in [3.63, 3.8) is 0 Å². The van der Waals surface area contributed by atoms with Gasteiger partial charge in [0.2, 0.25) is 0 Å². The molecule has 84 valence electrons. The molecule has 0 fully saturated rings. The molecule has 1 heteroatoms. The van der Waals surface area contributed by atoms with Gasteiger partial charge in [0.15, 0.2) is 0 Å². The highest BCUT2D eigenvalue weighted by Crippen LogP contribution is 2.12. The van der Waals surface area contributed by atoms with Crippen molar-refractivity contribution in [3.05, 3.63) is 35.4 Å². The van der Waals surface area contributed by atoms with Gasteiger partial charge in [-0.2, -0.15) is 0 Å². The van der Waals surface area contributed by atoms with Gasteiger partial charge in [-0.25, -0.2) is 0 Å². The lowest BCUT2D eigenvalue weighted by atomic mass is 9.99. The molecule has 0 bridgehead atoms. The molecule has 1 atom stereocenters. The topological polar surface area (TPSA) is 20.2 Å². The Labute approximate surface area is 93.1 Å². The van der Waals surface area contributed by atoms with Crippen molar-refractivity contribution in [2.24, 2.45) is 5.92 Å². The second-order valence-corrected chi connectivity index (χ2v) is 4.52. The van der Waals surface area contributed by atoms with E-state index in [4.69, 9.17) is 0 Å². The Morgan fingerprint density at radius 3 is 2.07 bits per heavy atom. The molecular formula is C14H22O. The van der Waals surface area contributed by atoms with E-state index in [9.17, 15) is 5.11 Å². The van der Waals surface area contributed by atoms with Crippen LogP contribution >= 0.6 is 0 Å². The zero-order valence-electron chi connectivity index (χ0n) is 10.0. The molecule has 1 unspecified atom stereocenters. The maximum Gasteiger partial charge on any atom is 0.0566 e. The van der Waals surface area contributed by atoms with Crippen molar-refractivity contribution >= 4 is 0 Å². The zero-order chi connectivity index (χ0) is 11.3. The van der Waals surface area contributed by atoms with Gasteiger partial charge in [-0.15, -0.1) is 0 Å². The minimum Gasteiger partial charge on any atom is -0.393 e. The van der Waals surface area contributed by atoms with Crippen LogP contribution in [0.25, 0.3) is 0 Å². The van der Waals surface area contributed by atoms with E-state index in [-0.39, 0.29) is 6.10 Å². The van der Waals surface area contributed by atoms with Crippen LogP contribution in [0.4, 0.5) is 0 Å². The Morgan fingerprint density at radius 1 is 1.07 bits per heavy atom. The lowest BCUT2D eigenvalue weighted by molar-refractivity contribution is 0.116. The normalized spacial score (nSPS) is 13.1. The van der Waals surface area contributed by atoms with Gasteiger partial charge in [0.05, 0.1) is 6.10 Å². The number of aliphatic hydroxyl groups excluding tert-OH is 1. The number of hydrogen-bond donors (Lipinski definition) is 1. The third-order valence-electron chi connectivity index (χ3n) is 2.93. The molecule has 15 heavy (non-hydrogen) atoms. The highest BCUT2D eigenvalue weighted by Gasteiger charge is 2.08. The van der Waals surface area contributed by atoms with Gasteiger partial charge >= 0.3 is 0 Å². The van der Waals surface area contributed by atoms with Crippen LogP contribution in [0.15, 0.2) is 24.3 Å². The summed E-state index contributed by atoms with van der Waals surface area (Å²) in [6.45, 7) is 6.28. The van der Waals surface area contributed by atoms with E-state index in [1.807, 2.05) is 0 Å². The Bertz CT molecular complexity index is 274. The van der Waals surface area contributed by atoms with Crippen LogP contribution < -0.4 is 0 Å². The third-order valence-corrected chi connectivity index (χ3v) is 2.93. The predicted octanol–water partition coefficient (Wildman–Crippen LogP) is 3.20. The molecule has 0 aliphatic rings. The fourth-order valence-corrected chi connectivity index (χ4v) is 1.59. The largest absolute Gasteiger partial charge is 0.393 e. The monoisotopic (exact) mass is 206 g/mol. The quantitative estimate of drug-likeness (QED) is 0.784. The summed E-state index contributed by atoms with van der Waals surface area (Å²) in [6, 6.07) is 8.70. The molecule has 0 radical (unpaired) electrons. The molecule has 1 aromatic carbocycles. The SMILES string of the molecule is CCc1ccc(CCC(O)C(C)C)cc1. The summed E-state index contributed by atoms with van der Waals surface area (Å²) in [5.74, 6) is 0.361. The van der Waals surface area contributed by atoms with Gasteiger partial charge in [0.25, 0.3) is 0 Å². The summed E-state index contributed by atoms with van der Waals surface area (Å²) >= 11 is 0. The first-order valence-electron chi connectivity index (χ1n) is 5.89. The standard InChI is InChI=1S/C14H22O/c1-4-12-5-7-13(8-6-12)9-10-14(15)11(2)3/h5-8,11,14-15H,4,9-10H2,1-3H3. The summed E-state index contributed by atoms with van der Waals surface area (Å²) in [5, 5.41) is 9.69. The summed E-state index contributed by atoms with van der Waals surface area (Å²) in [5.41, 5.74) is 2.70. The Morgan fingerprint density at radius 2 is 1.60 bits per heavy atom. The molecule has 0 aromatic heterocycles. The predicted molar refractivity (Wildman–Crippen MR) is 65.0 cm³/mol. The van der Waals surface area contributed by atoms with Crippen molar-refractivity contribution in [2.75, 3.05) is 0 Å². The summed E-state index contributed by atoms with van der Waals surface area (Å²) in [4.78, 5) is 0. The number of hydrogen-bond acceptors (Lipinski definition) is 1. The van der Waals surface area contributed by atoms with Crippen LogP contribution in [0.5, 0.6) is 0 Å². The molecule has 0 saturated heterocycles. The first-order chi connectivity index (χ1) is 7.13. The number of aryl methyl sites for hydroxylation is 2. The molecular weight excluding hydrogens is 184 g/mol. The molecule has 1 N–H and O–H groups in total. The maximum absolute atomic E-state index is 9.69. The lowest BCUT2D eigenvalue weighted by Gasteiger charge is -2.13. The van der Waals surface area contributed by atoms with Crippen LogP contribution in [0, 0.1) is 5.92 Å². The van der Waals surface area contributed by atoms with Crippen LogP contribution in [0.2, 0.25) is 0 Å². The van der Waals surface area contributed by atoms with Crippen LogP contribution in [0.3, 0.4) is 0 Å². The van der Waals surface area contributed by atoms with Crippen LogP contribution in [-0.2, 0) is 12.8 Å². The van der Waals surface area contributed by atoms with Crippen molar-refractivity contribution in [1.82, 2.24) is 0 Å². The summed E-state index contributed by atoms with van der Waals surface area (Å²) in [6.07, 6.45) is 2.76. The molecule has 0 heterocycles. The van der Waals surface area contributed by atoms with Crippen molar-refractivity contribution < 1.29 is 5.11 Å². The number of rotatable bonds is 5. The summed E-state index contributed by atoms with van der Waals surface area (Å²) in [7, 11) is 0. The second-order valence-electron chi connectivity index (χ2n) is 4.52. The van der Waals surface area contributed by atoms with E-state index >= 15 is 0 Å². The molecule has 0 spiro atoms. The van der Waals surface area contributed by atoms with Crippen LogP contribution in [-0.4, -0.2) is 11.2 Å². The van der Waals surface area contributed by atoms with E-state index < -0.39 is 0 Å². The van der Waals surface area contributed by atoms with Gasteiger partial charge in [0, 0.05) is 0 Å². The number of benzene rings is 1. The third kappa shape index (κ3) is 4.05. The zero-order valence-corrected chi connectivity index (χ0v) is 10.0. The second kappa shape index (κ2) is 5.92. The van der Waals surface area contributed by atoms with Crippen molar-refractivity contribution in [3.8, 4) is 0 Å². The average molecular weight is 206 g/mol. The molecule has 0 aliphatic carbocycles. The fraction of sp³-hybridized carbons (Fsp3) is 0.571. The van der Waals surface area contributed by atoms with E-state index in [1.165, 1.54) is 11.1 Å². The molecule has 1 rings (SSSR count). The highest BCUT2D eigenvalue weighted by molar-refractivity contribution is 5.22. The Balaban J connectivity index is 2.44. The fourth-order valence-electron chi connectivity index (χ4n) is 1.59. The first kappa shape index (κ1) is 12.3.